The van der Waals surface area contributed by atoms with Crippen LogP contribution in [0.4, 0.5) is 0 Å². The maximum Gasteiger partial charge on any atom is 0.338 e. The lowest BCUT2D eigenvalue weighted by atomic mass is 10.2. The molecule has 3 rings (SSSR count). The van der Waals surface area contributed by atoms with Crippen LogP contribution < -0.4 is 11.2 Å². The Balaban J connectivity index is 1.73. The zero-order valence-electron chi connectivity index (χ0n) is 15.8. The maximum absolute atomic E-state index is 12.2. The van der Waals surface area contributed by atoms with Crippen molar-refractivity contribution in [3.8, 4) is 0 Å². The first kappa shape index (κ1) is 21.3. The first-order valence-corrected chi connectivity index (χ1v) is 9.30. The minimum absolute atomic E-state index is 0.0916. The minimum atomic E-state index is -1.48. The molecule has 2 aromatic rings. The Morgan fingerprint density at radius 2 is 2.14 bits per heavy atom. The lowest BCUT2D eigenvalue weighted by Gasteiger charge is -2.27. The van der Waals surface area contributed by atoms with Crippen LogP contribution in [0.15, 0.2) is 46.1 Å². The number of aliphatic hydroxyl groups is 1. The normalized spacial score (nSPS) is 21.9. The van der Waals surface area contributed by atoms with Gasteiger partial charge in [-0.15, -0.1) is 0 Å². The number of H-pyrrole nitrogens is 1. The molecule has 2 N–H and O–H groups in total. The van der Waals surface area contributed by atoms with Gasteiger partial charge in [-0.25, -0.2) is 9.59 Å². The predicted octanol–water partition coefficient (Wildman–Crippen LogP) is 1.45. The van der Waals surface area contributed by atoms with Crippen molar-refractivity contribution in [1.29, 1.82) is 0 Å². The summed E-state index contributed by atoms with van der Waals surface area (Å²) in [6.45, 7) is 2.81. The highest BCUT2D eigenvalue weighted by Crippen LogP contribution is 2.32. The van der Waals surface area contributed by atoms with Crippen molar-refractivity contribution in [2.24, 2.45) is 0 Å². The van der Waals surface area contributed by atoms with Crippen LogP contribution in [0.5, 0.6) is 0 Å². The quantitative estimate of drug-likeness (QED) is 0.532. The third-order valence-electron chi connectivity index (χ3n) is 4.17. The van der Waals surface area contributed by atoms with E-state index in [0.29, 0.717) is 10.6 Å². The van der Waals surface area contributed by atoms with Gasteiger partial charge in [0.2, 0.25) is 0 Å². The summed E-state index contributed by atoms with van der Waals surface area (Å²) >= 11 is 5.88. The molecule has 29 heavy (non-hydrogen) atoms. The molecule has 2 heterocycles. The average molecular weight is 425 g/mol. The number of esters is 1. The van der Waals surface area contributed by atoms with Gasteiger partial charge in [-0.3, -0.25) is 14.3 Å². The molecular weight excluding hydrogens is 404 g/mol. The highest BCUT2D eigenvalue weighted by atomic mass is 35.5. The van der Waals surface area contributed by atoms with E-state index in [-0.39, 0.29) is 13.0 Å². The van der Waals surface area contributed by atoms with E-state index in [1.807, 2.05) is 0 Å². The molecule has 0 amide bonds. The predicted molar refractivity (Wildman–Crippen MR) is 103 cm³/mol. The molecule has 10 heteroatoms. The maximum atomic E-state index is 12.2. The van der Waals surface area contributed by atoms with E-state index >= 15 is 0 Å². The average Bonchev–Trinajstić information content (AvgIpc) is 3.00. The fourth-order valence-corrected chi connectivity index (χ4v) is 3.23. The summed E-state index contributed by atoms with van der Waals surface area (Å²) in [7, 11) is 0. The van der Waals surface area contributed by atoms with Crippen LogP contribution in [-0.4, -0.2) is 45.2 Å². The van der Waals surface area contributed by atoms with E-state index in [0.717, 1.165) is 4.57 Å². The second-order valence-corrected chi connectivity index (χ2v) is 7.55. The van der Waals surface area contributed by atoms with Gasteiger partial charge in [-0.2, -0.15) is 0 Å². The standard InChI is InChI=1S/C19H21ClN2O7/c1-19(2,26)29-14-9-13(10-27-17(24)11-4-3-5-12(20)8-11)28-16(14)22-7-6-15(23)21-18(22)25/h3-8,13-14,16,26H,9-10H2,1-2H3,(H,21,23,25). The number of hydrogen-bond acceptors (Lipinski definition) is 7. The molecule has 1 aliphatic heterocycles. The van der Waals surface area contributed by atoms with Crippen LogP contribution in [0, 0.1) is 0 Å². The molecule has 156 valence electrons. The number of rotatable bonds is 6. The summed E-state index contributed by atoms with van der Waals surface area (Å²) < 4.78 is 17.9. The molecule has 0 aliphatic carbocycles. The SMILES string of the molecule is CC(C)(O)OC1CC(COC(=O)c2cccc(Cl)c2)OC1n1ccc(=O)[nH]c1=O. The molecule has 1 aromatic heterocycles. The zero-order chi connectivity index (χ0) is 21.2. The molecule has 0 saturated carbocycles. The molecule has 3 atom stereocenters. The van der Waals surface area contributed by atoms with Gasteiger partial charge in [0, 0.05) is 23.7 Å². The number of aromatic amines is 1. The Hall–Kier alpha value is -2.46. The molecular formula is C19H21ClN2O7. The molecule has 1 fully saturated rings. The lowest BCUT2D eigenvalue weighted by Crippen LogP contribution is -2.39. The van der Waals surface area contributed by atoms with Crippen molar-refractivity contribution >= 4 is 17.6 Å². The van der Waals surface area contributed by atoms with Gasteiger partial charge in [0.25, 0.3) is 5.56 Å². The molecule has 0 radical (unpaired) electrons. The number of hydrogen-bond donors (Lipinski definition) is 2. The Morgan fingerprint density at radius 3 is 2.79 bits per heavy atom. The number of aromatic nitrogens is 2. The molecule has 3 unspecified atom stereocenters. The smallest absolute Gasteiger partial charge is 0.338 e. The fourth-order valence-electron chi connectivity index (χ4n) is 3.04. The summed E-state index contributed by atoms with van der Waals surface area (Å²) in [6, 6.07) is 7.52. The van der Waals surface area contributed by atoms with E-state index in [1.165, 1.54) is 32.2 Å². The van der Waals surface area contributed by atoms with Crippen LogP contribution in [0.2, 0.25) is 5.02 Å². The molecule has 0 bridgehead atoms. The molecule has 1 aliphatic rings. The number of halogens is 1. The van der Waals surface area contributed by atoms with Crippen LogP contribution >= 0.6 is 11.6 Å². The topological polar surface area (TPSA) is 120 Å². The van der Waals surface area contributed by atoms with E-state index < -0.39 is 41.4 Å². The van der Waals surface area contributed by atoms with Gasteiger partial charge in [-0.1, -0.05) is 17.7 Å². The van der Waals surface area contributed by atoms with Crippen LogP contribution in [0.25, 0.3) is 0 Å². The summed E-state index contributed by atoms with van der Waals surface area (Å²) in [6.07, 6.45) is -0.681. The number of carbonyl (C=O) groups is 1. The van der Waals surface area contributed by atoms with Gasteiger partial charge in [0.15, 0.2) is 12.0 Å². The molecule has 1 saturated heterocycles. The Kier molecular flexibility index (Phi) is 6.23. The summed E-state index contributed by atoms with van der Waals surface area (Å²) in [5.74, 6) is -2.05. The monoisotopic (exact) mass is 424 g/mol. The third-order valence-corrected chi connectivity index (χ3v) is 4.41. The van der Waals surface area contributed by atoms with Crippen molar-refractivity contribution in [3.05, 3.63) is 68.0 Å². The zero-order valence-corrected chi connectivity index (χ0v) is 16.6. The van der Waals surface area contributed by atoms with E-state index in [2.05, 4.69) is 4.98 Å². The first-order valence-electron chi connectivity index (χ1n) is 8.92. The molecule has 9 nitrogen and oxygen atoms in total. The number of ether oxygens (including phenoxy) is 3. The minimum Gasteiger partial charge on any atom is -0.459 e. The largest absolute Gasteiger partial charge is 0.459 e. The van der Waals surface area contributed by atoms with Gasteiger partial charge in [0.1, 0.15) is 12.7 Å². The van der Waals surface area contributed by atoms with Crippen molar-refractivity contribution < 1.29 is 24.1 Å². The van der Waals surface area contributed by atoms with Crippen LogP contribution in [-0.2, 0) is 14.2 Å². The number of nitrogens with one attached hydrogen (secondary N) is 1. The Labute approximate surface area is 170 Å². The Morgan fingerprint density at radius 1 is 1.38 bits per heavy atom. The van der Waals surface area contributed by atoms with Gasteiger partial charge >= 0.3 is 11.7 Å². The van der Waals surface area contributed by atoms with Crippen LogP contribution in [0.3, 0.4) is 0 Å². The lowest BCUT2D eigenvalue weighted by molar-refractivity contribution is -0.223. The van der Waals surface area contributed by atoms with Gasteiger partial charge in [0.05, 0.1) is 11.7 Å². The van der Waals surface area contributed by atoms with E-state index in [9.17, 15) is 19.5 Å². The van der Waals surface area contributed by atoms with Gasteiger partial charge in [-0.05, 0) is 32.0 Å². The number of nitrogens with zero attached hydrogens (tertiary/aromatic N) is 1. The van der Waals surface area contributed by atoms with Crippen molar-refractivity contribution in [2.75, 3.05) is 6.61 Å². The van der Waals surface area contributed by atoms with Crippen LogP contribution in [0.1, 0.15) is 36.9 Å². The summed E-state index contributed by atoms with van der Waals surface area (Å²) in [5.41, 5.74) is -0.923. The highest BCUT2D eigenvalue weighted by Gasteiger charge is 2.41. The second-order valence-electron chi connectivity index (χ2n) is 7.11. The first-order chi connectivity index (χ1) is 13.6. The third kappa shape index (κ3) is 5.54. The summed E-state index contributed by atoms with van der Waals surface area (Å²) in [5, 5.41) is 10.4. The van der Waals surface area contributed by atoms with Crippen molar-refractivity contribution in [2.45, 2.75) is 44.5 Å². The molecule has 1 aromatic carbocycles. The second kappa shape index (κ2) is 8.50. The van der Waals surface area contributed by atoms with E-state index in [1.54, 1.807) is 18.2 Å². The van der Waals surface area contributed by atoms with Crippen molar-refractivity contribution in [3.63, 3.8) is 0 Å². The van der Waals surface area contributed by atoms with Gasteiger partial charge < -0.3 is 19.3 Å². The highest BCUT2D eigenvalue weighted by molar-refractivity contribution is 6.30. The van der Waals surface area contributed by atoms with Crippen molar-refractivity contribution in [1.82, 2.24) is 9.55 Å². The fraction of sp³-hybridized carbons (Fsp3) is 0.421. The number of benzene rings is 1. The van der Waals surface area contributed by atoms with E-state index in [4.69, 9.17) is 25.8 Å². The Bertz CT molecular complexity index is 995. The number of carbonyl (C=O) groups excluding carboxylic acids is 1. The molecule has 0 spiro atoms. The summed E-state index contributed by atoms with van der Waals surface area (Å²) in [4.78, 5) is 37.8.